The van der Waals surface area contributed by atoms with Crippen LogP contribution in [-0.4, -0.2) is 21.5 Å². The van der Waals surface area contributed by atoms with Gasteiger partial charge in [-0.2, -0.15) is 0 Å². The minimum atomic E-state index is -4.00. The van der Waals surface area contributed by atoms with Crippen molar-refractivity contribution in [2.24, 2.45) is 0 Å². The lowest BCUT2D eigenvalue weighted by molar-refractivity contribution is 0.562. The Hall–Kier alpha value is -2.51. The van der Waals surface area contributed by atoms with E-state index in [0.29, 0.717) is 21.7 Å². The largest absolute Gasteiger partial charge is 0.421 e. The summed E-state index contributed by atoms with van der Waals surface area (Å²) < 4.78 is 33.5. The average Bonchev–Trinajstić information content (AvgIpc) is 3.16. The molecule has 27 heavy (non-hydrogen) atoms. The highest BCUT2D eigenvalue weighted by Gasteiger charge is 2.26. The van der Waals surface area contributed by atoms with Crippen LogP contribution in [0.5, 0.6) is 0 Å². The van der Waals surface area contributed by atoms with Crippen molar-refractivity contribution in [2.75, 3.05) is 22.7 Å². The summed E-state index contributed by atoms with van der Waals surface area (Å²) >= 11 is 5.92. The van der Waals surface area contributed by atoms with Crippen molar-refractivity contribution >= 4 is 44.0 Å². The van der Waals surface area contributed by atoms with E-state index in [2.05, 4.69) is 4.72 Å². The van der Waals surface area contributed by atoms with Crippen LogP contribution in [0.15, 0.2) is 62.6 Å². The summed E-state index contributed by atoms with van der Waals surface area (Å²) in [6.45, 7) is 1.50. The number of hydrogen-bond acceptors (Lipinski definition) is 5. The first-order valence-corrected chi connectivity index (χ1v) is 10.4. The normalized spacial score (nSPS) is 14.6. The molecule has 1 N–H and O–H groups in total. The second-order valence-corrected chi connectivity index (χ2v) is 8.49. The molecule has 1 fully saturated rings. The Morgan fingerprint density at radius 2 is 1.78 bits per heavy atom. The van der Waals surface area contributed by atoms with Crippen molar-refractivity contribution in [3.63, 3.8) is 0 Å². The summed E-state index contributed by atoms with van der Waals surface area (Å²) in [7, 11) is -4.00. The fraction of sp³-hybridized carbons (Fsp3) is 0.211. The summed E-state index contributed by atoms with van der Waals surface area (Å²) in [5.74, 6) is 0. The van der Waals surface area contributed by atoms with Crippen LogP contribution in [0.2, 0.25) is 5.02 Å². The highest BCUT2D eigenvalue weighted by molar-refractivity contribution is 7.92. The maximum atomic E-state index is 12.8. The maximum Gasteiger partial charge on any atom is 0.363 e. The smallest absolute Gasteiger partial charge is 0.363 e. The van der Waals surface area contributed by atoms with Gasteiger partial charge in [-0.15, -0.1) is 0 Å². The van der Waals surface area contributed by atoms with Crippen molar-refractivity contribution in [2.45, 2.75) is 17.7 Å². The van der Waals surface area contributed by atoms with Gasteiger partial charge in [0, 0.05) is 23.5 Å². The standard InChI is InChI=1S/C19H17ClN2O4S/c20-13-6-5-7-14(12-13)27(24,25)21-17-18(22-10-3-4-11-22)15-8-1-2-9-16(15)26-19(17)23/h1-2,5-9,12,21H,3-4,10-11H2. The van der Waals surface area contributed by atoms with Crippen molar-refractivity contribution in [3.8, 4) is 0 Å². The number of hydrogen-bond donors (Lipinski definition) is 1. The molecule has 6 nitrogen and oxygen atoms in total. The van der Waals surface area contributed by atoms with E-state index in [1.165, 1.54) is 12.1 Å². The average molecular weight is 405 g/mol. The molecule has 140 valence electrons. The zero-order valence-corrected chi connectivity index (χ0v) is 15.9. The Balaban J connectivity index is 1.89. The number of benzene rings is 2. The molecule has 1 saturated heterocycles. The number of anilines is 2. The molecule has 1 aliphatic heterocycles. The van der Waals surface area contributed by atoms with Crippen molar-refractivity contribution in [1.82, 2.24) is 0 Å². The number of rotatable bonds is 4. The Bertz CT molecular complexity index is 1170. The molecule has 0 saturated carbocycles. The number of para-hydroxylation sites is 1. The molecule has 2 aromatic carbocycles. The van der Waals surface area contributed by atoms with Gasteiger partial charge in [0.1, 0.15) is 5.58 Å². The minimum Gasteiger partial charge on any atom is -0.421 e. The van der Waals surface area contributed by atoms with E-state index in [1.807, 2.05) is 17.0 Å². The van der Waals surface area contributed by atoms with Crippen LogP contribution in [0.3, 0.4) is 0 Å². The molecule has 4 rings (SSSR count). The molecule has 1 aliphatic rings. The van der Waals surface area contributed by atoms with Crippen molar-refractivity contribution < 1.29 is 12.8 Å². The van der Waals surface area contributed by atoms with E-state index in [1.54, 1.807) is 24.3 Å². The van der Waals surface area contributed by atoms with Crippen LogP contribution in [-0.2, 0) is 10.0 Å². The predicted molar refractivity (Wildman–Crippen MR) is 106 cm³/mol. The van der Waals surface area contributed by atoms with E-state index >= 15 is 0 Å². The molecular weight excluding hydrogens is 388 g/mol. The lowest BCUT2D eigenvalue weighted by Crippen LogP contribution is -2.25. The second-order valence-electron chi connectivity index (χ2n) is 6.37. The van der Waals surface area contributed by atoms with Crippen LogP contribution in [0.4, 0.5) is 11.4 Å². The SMILES string of the molecule is O=c1oc2ccccc2c(N2CCCC2)c1NS(=O)(=O)c1cccc(Cl)c1. The molecule has 0 bridgehead atoms. The maximum absolute atomic E-state index is 12.8. The van der Waals surface area contributed by atoms with Gasteiger partial charge in [-0.3, -0.25) is 4.72 Å². The van der Waals surface area contributed by atoms with Crippen molar-refractivity contribution in [3.05, 3.63) is 64.0 Å². The number of sulfonamides is 1. The van der Waals surface area contributed by atoms with E-state index in [4.69, 9.17) is 16.0 Å². The van der Waals surface area contributed by atoms with E-state index in [-0.39, 0.29) is 10.6 Å². The van der Waals surface area contributed by atoms with Gasteiger partial charge in [-0.25, -0.2) is 13.2 Å². The molecule has 8 heteroatoms. The predicted octanol–water partition coefficient (Wildman–Crippen LogP) is 3.85. The topological polar surface area (TPSA) is 79.6 Å². The van der Waals surface area contributed by atoms with Crippen molar-refractivity contribution in [1.29, 1.82) is 0 Å². The zero-order valence-electron chi connectivity index (χ0n) is 14.3. The quantitative estimate of drug-likeness (QED) is 0.668. The molecule has 0 unspecified atom stereocenters. The highest BCUT2D eigenvalue weighted by atomic mass is 35.5. The molecule has 3 aromatic rings. The summed E-state index contributed by atoms with van der Waals surface area (Å²) in [6, 6.07) is 13.0. The van der Waals surface area contributed by atoms with Crippen LogP contribution < -0.4 is 15.2 Å². The first-order valence-electron chi connectivity index (χ1n) is 8.55. The van der Waals surface area contributed by atoms with Crippen LogP contribution in [0.1, 0.15) is 12.8 Å². The Kier molecular flexibility index (Phi) is 4.57. The summed E-state index contributed by atoms with van der Waals surface area (Å²) in [6.07, 6.45) is 1.96. The third kappa shape index (κ3) is 3.40. The van der Waals surface area contributed by atoms with Gasteiger partial charge in [0.15, 0.2) is 5.69 Å². The van der Waals surface area contributed by atoms with Crippen LogP contribution >= 0.6 is 11.6 Å². The van der Waals surface area contributed by atoms with Gasteiger partial charge in [0.25, 0.3) is 10.0 Å². The third-order valence-electron chi connectivity index (χ3n) is 4.55. The molecule has 0 atom stereocenters. The highest BCUT2D eigenvalue weighted by Crippen LogP contribution is 2.35. The summed E-state index contributed by atoms with van der Waals surface area (Å²) in [5.41, 5.74) is 0.192. The fourth-order valence-corrected chi connectivity index (χ4v) is 4.68. The van der Waals surface area contributed by atoms with Gasteiger partial charge in [0.05, 0.1) is 10.6 Å². The molecule has 0 amide bonds. The molecule has 0 spiro atoms. The molecule has 0 aliphatic carbocycles. The fourth-order valence-electron chi connectivity index (χ4n) is 3.32. The van der Waals surface area contributed by atoms with Gasteiger partial charge in [-0.05, 0) is 43.2 Å². The summed E-state index contributed by atoms with van der Waals surface area (Å²) in [4.78, 5) is 14.6. The molecule has 2 heterocycles. The van der Waals surface area contributed by atoms with Gasteiger partial charge < -0.3 is 9.32 Å². The van der Waals surface area contributed by atoms with E-state index < -0.39 is 15.6 Å². The Labute approximate surface area is 161 Å². The first kappa shape index (κ1) is 17.9. The number of halogens is 1. The zero-order chi connectivity index (χ0) is 19.0. The van der Waals surface area contributed by atoms with Gasteiger partial charge in [-0.1, -0.05) is 29.8 Å². The van der Waals surface area contributed by atoms with E-state index in [9.17, 15) is 13.2 Å². The van der Waals surface area contributed by atoms with Gasteiger partial charge >= 0.3 is 5.63 Å². The first-order chi connectivity index (χ1) is 13.0. The number of fused-ring (bicyclic) bond motifs is 1. The number of nitrogens with one attached hydrogen (secondary N) is 1. The lowest BCUT2D eigenvalue weighted by atomic mass is 10.1. The lowest BCUT2D eigenvalue weighted by Gasteiger charge is -2.22. The monoisotopic (exact) mass is 404 g/mol. The summed E-state index contributed by atoms with van der Waals surface area (Å²) in [5, 5.41) is 0.992. The molecular formula is C19H17ClN2O4S. The van der Waals surface area contributed by atoms with E-state index in [0.717, 1.165) is 25.9 Å². The minimum absolute atomic E-state index is 0.0186. The van der Waals surface area contributed by atoms with Crippen LogP contribution in [0.25, 0.3) is 11.0 Å². The van der Waals surface area contributed by atoms with Crippen LogP contribution in [0, 0.1) is 0 Å². The molecule has 0 radical (unpaired) electrons. The molecule has 1 aromatic heterocycles. The van der Waals surface area contributed by atoms with Gasteiger partial charge in [0.2, 0.25) is 0 Å². The second kappa shape index (κ2) is 6.90. The Morgan fingerprint density at radius 1 is 1.04 bits per heavy atom. The third-order valence-corrected chi connectivity index (χ3v) is 6.13. The Morgan fingerprint density at radius 3 is 2.52 bits per heavy atom. The number of nitrogens with zero attached hydrogens (tertiary/aromatic N) is 1.